The van der Waals surface area contributed by atoms with Gasteiger partial charge in [0.25, 0.3) is 0 Å². The largest absolute Gasteiger partial charge is 0.298 e. The van der Waals surface area contributed by atoms with Crippen LogP contribution < -0.4 is 0 Å². The van der Waals surface area contributed by atoms with Gasteiger partial charge in [-0.1, -0.05) is 44.2 Å². The van der Waals surface area contributed by atoms with Crippen LogP contribution in [0.5, 0.6) is 0 Å². The molecule has 1 nitrogen and oxygen atoms in total. The molecule has 2 rings (SSSR count). The highest BCUT2D eigenvalue weighted by atomic mass is 32.2. The van der Waals surface area contributed by atoms with Crippen LogP contribution >= 0.6 is 11.8 Å². The van der Waals surface area contributed by atoms with Gasteiger partial charge in [-0.2, -0.15) is 11.8 Å². The lowest BCUT2D eigenvalue weighted by Gasteiger charge is -2.04. The van der Waals surface area contributed by atoms with Crippen molar-refractivity contribution < 1.29 is 4.79 Å². The third kappa shape index (κ3) is 3.60. The molecule has 1 aromatic rings. The fourth-order valence-corrected chi connectivity index (χ4v) is 3.13. The summed E-state index contributed by atoms with van der Waals surface area (Å²) in [4.78, 5) is 11.9. The van der Waals surface area contributed by atoms with E-state index in [9.17, 15) is 4.79 Å². The molecule has 92 valence electrons. The molecule has 2 unspecified atom stereocenters. The fraction of sp³-hybridized carbons (Fsp3) is 0.533. The standard InChI is InChI=1S/C15H20OS/c1-11(2)9-17-10-15(16)14-8-13(14)12-6-4-3-5-7-12/h3-7,11,13-14H,8-10H2,1-2H3. The zero-order chi connectivity index (χ0) is 12.3. The first kappa shape index (κ1) is 12.7. The summed E-state index contributed by atoms with van der Waals surface area (Å²) in [7, 11) is 0. The van der Waals surface area contributed by atoms with Crippen molar-refractivity contribution in [2.24, 2.45) is 11.8 Å². The van der Waals surface area contributed by atoms with Crippen molar-refractivity contribution in [3.05, 3.63) is 35.9 Å². The van der Waals surface area contributed by atoms with Crippen molar-refractivity contribution in [3.8, 4) is 0 Å². The Morgan fingerprint density at radius 1 is 1.35 bits per heavy atom. The van der Waals surface area contributed by atoms with Gasteiger partial charge in [0, 0.05) is 5.92 Å². The van der Waals surface area contributed by atoms with Crippen LogP contribution in [0.3, 0.4) is 0 Å². The van der Waals surface area contributed by atoms with Gasteiger partial charge in [0.2, 0.25) is 0 Å². The van der Waals surface area contributed by atoms with Crippen LogP contribution in [-0.2, 0) is 4.79 Å². The smallest absolute Gasteiger partial charge is 0.146 e. The molecule has 1 aromatic carbocycles. The summed E-state index contributed by atoms with van der Waals surface area (Å²) in [6.07, 6.45) is 1.06. The minimum Gasteiger partial charge on any atom is -0.298 e. The number of thioether (sulfide) groups is 1. The van der Waals surface area contributed by atoms with E-state index < -0.39 is 0 Å². The normalized spacial score (nSPS) is 22.8. The highest BCUT2D eigenvalue weighted by molar-refractivity contribution is 7.99. The van der Waals surface area contributed by atoms with Gasteiger partial charge in [-0.05, 0) is 29.6 Å². The number of rotatable bonds is 6. The van der Waals surface area contributed by atoms with Crippen molar-refractivity contribution in [2.75, 3.05) is 11.5 Å². The number of carbonyl (C=O) groups excluding carboxylic acids is 1. The maximum Gasteiger partial charge on any atom is 0.146 e. The first-order valence-electron chi connectivity index (χ1n) is 6.34. The molecule has 0 heterocycles. The van der Waals surface area contributed by atoms with Crippen LogP contribution in [0.25, 0.3) is 0 Å². The van der Waals surface area contributed by atoms with Gasteiger partial charge >= 0.3 is 0 Å². The van der Waals surface area contributed by atoms with Crippen molar-refractivity contribution in [1.82, 2.24) is 0 Å². The number of Topliss-reactive ketones (excluding diaryl/α,β-unsaturated/α-hetero) is 1. The van der Waals surface area contributed by atoms with Crippen LogP contribution in [0, 0.1) is 11.8 Å². The maximum absolute atomic E-state index is 11.9. The van der Waals surface area contributed by atoms with Crippen LogP contribution in [0.2, 0.25) is 0 Å². The van der Waals surface area contributed by atoms with Crippen molar-refractivity contribution in [1.29, 1.82) is 0 Å². The fourth-order valence-electron chi connectivity index (χ4n) is 2.12. The quantitative estimate of drug-likeness (QED) is 0.762. The molecule has 1 aliphatic rings. The molecule has 0 amide bonds. The minimum atomic E-state index is 0.303. The molecule has 0 bridgehead atoms. The lowest BCUT2D eigenvalue weighted by atomic mass is 10.1. The second-order valence-electron chi connectivity index (χ2n) is 5.23. The Hall–Kier alpha value is -0.760. The molecule has 17 heavy (non-hydrogen) atoms. The zero-order valence-electron chi connectivity index (χ0n) is 10.6. The van der Waals surface area contributed by atoms with Gasteiger partial charge in [-0.25, -0.2) is 0 Å². The van der Waals surface area contributed by atoms with Crippen molar-refractivity contribution in [3.63, 3.8) is 0 Å². The van der Waals surface area contributed by atoms with Gasteiger partial charge in [0.05, 0.1) is 5.75 Å². The van der Waals surface area contributed by atoms with Crippen LogP contribution in [0.15, 0.2) is 30.3 Å². The topological polar surface area (TPSA) is 17.1 Å². The average molecular weight is 248 g/mol. The molecular weight excluding hydrogens is 228 g/mol. The van der Waals surface area contributed by atoms with Gasteiger partial charge < -0.3 is 0 Å². The Labute approximate surface area is 108 Å². The molecule has 1 fully saturated rings. The van der Waals surface area contributed by atoms with E-state index in [-0.39, 0.29) is 0 Å². The highest BCUT2D eigenvalue weighted by Crippen LogP contribution is 2.48. The molecule has 0 saturated heterocycles. The highest BCUT2D eigenvalue weighted by Gasteiger charge is 2.42. The summed E-state index contributed by atoms with van der Waals surface area (Å²) in [5, 5.41) is 0. The number of benzene rings is 1. The number of hydrogen-bond acceptors (Lipinski definition) is 2. The van der Waals surface area contributed by atoms with Crippen LogP contribution in [0.4, 0.5) is 0 Å². The minimum absolute atomic E-state index is 0.303. The van der Waals surface area contributed by atoms with Crippen molar-refractivity contribution >= 4 is 17.5 Å². The second-order valence-corrected chi connectivity index (χ2v) is 6.26. The van der Waals surface area contributed by atoms with E-state index in [1.54, 1.807) is 11.8 Å². The molecule has 0 aliphatic heterocycles. The summed E-state index contributed by atoms with van der Waals surface area (Å²) in [6, 6.07) is 10.4. The van der Waals surface area contributed by atoms with Gasteiger partial charge in [0.1, 0.15) is 5.78 Å². The average Bonchev–Trinajstić information content (AvgIpc) is 3.09. The Bertz CT molecular complexity index is 372. The molecule has 0 radical (unpaired) electrons. The molecule has 2 atom stereocenters. The molecule has 1 aliphatic carbocycles. The molecule has 2 heteroatoms. The van der Waals surface area contributed by atoms with E-state index in [0.717, 1.165) is 12.2 Å². The van der Waals surface area contributed by atoms with E-state index in [1.807, 2.05) is 6.07 Å². The lowest BCUT2D eigenvalue weighted by molar-refractivity contribution is -0.117. The van der Waals surface area contributed by atoms with Crippen LogP contribution in [-0.4, -0.2) is 17.3 Å². The molecule has 0 N–H and O–H groups in total. The van der Waals surface area contributed by atoms with E-state index in [2.05, 4.69) is 38.1 Å². The lowest BCUT2D eigenvalue weighted by Crippen LogP contribution is -2.07. The Morgan fingerprint density at radius 3 is 2.71 bits per heavy atom. The first-order chi connectivity index (χ1) is 8.18. The number of carbonyl (C=O) groups is 1. The second kappa shape index (κ2) is 5.72. The predicted molar refractivity (Wildman–Crippen MR) is 74.5 cm³/mol. The predicted octanol–water partition coefficient (Wildman–Crippen LogP) is 3.75. The number of ketones is 1. The van der Waals surface area contributed by atoms with Crippen molar-refractivity contribution in [2.45, 2.75) is 26.2 Å². The third-order valence-electron chi connectivity index (χ3n) is 3.13. The zero-order valence-corrected chi connectivity index (χ0v) is 11.4. The molecule has 0 aromatic heterocycles. The summed E-state index contributed by atoms with van der Waals surface area (Å²) in [6.45, 7) is 4.39. The maximum atomic E-state index is 11.9. The first-order valence-corrected chi connectivity index (χ1v) is 7.49. The SMILES string of the molecule is CC(C)CSCC(=O)C1CC1c1ccccc1. The van der Waals surface area contributed by atoms with E-state index >= 15 is 0 Å². The summed E-state index contributed by atoms with van der Waals surface area (Å²) < 4.78 is 0. The summed E-state index contributed by atoms with van der Waals surface area (Å²) >= 11 is 1.79. The molecule has 0 spiro atoms. The number of hydrogen-bond donors (Lipinski definition) is 0. The Morgan fingerprint density at radius 2 is 2.06 bits per heavy atom. The summed E-state index contributed by atoms with van der Waals surface area (Å²) in [5.74, 6) is 3.72. The van der Waals surface area contributed by atoms with E-state index in [0.29, 0.717) is 29.3 Å². The third-order valence-corrected chi connectivity index (χ3v) is 4.52. The molecular formula is C15H20OS. The van der Waals surface area contributed by atoms with Crippen LogP contribution in [0.1, 0.15) is 31.7 Å². The summed E-state index contributed by atoms with van der Waals surface area (Å²) in [5.41, 5.74) is 1.33. The van der Waals surface area contributed by atoms with E-state index in [1.165, 1.54) is 5.56 Å². The molecule has 1 saturated carbocycles. The van der Waals surface area contributed by atoms with E-state index in [4.69, 9.17) is 0 Å². The Balaban J connectivity index is 1.77. The van der Waals surface area contributed by atoms with Gasteiger partial charge in [0.15, 0.2) is 0 Å². The van der Waals surface area contributed by atoms with Gasteiger partial charge in [-0.3, -0.25) is 4.79 Å². The Kier molecular flexibility index (Phi) is 4.27. The van der Waals surface area contributed by atoms with Gasteiger partial charge in [-0.15, -0.1) is 0 Å². The monoisotopic (exact) mass is 248 g/mol.